The van der Waals surface area contributed by atoms with Gasteiger partial charge in [-0.15, -0.1) is 5.10 Å². The van der Waals surface area contributed by atoms with E-state index in [1.165, 1.54) is 22.5 Å². The average molecular weight is 387 g/mol. The Hall–Kier alpha value is -2.22. The first kappa shape index (κ1) is 18.6. The highest BCUT2D eigenvalue weighted by Crippen LogP contribution is 2.23. The van der Waals surface area contributed by atoms with E-state index >= 15 is 0 Å². The number of aryl methyl sites for hydroxylation is 1. The standard InChI is InChI=1S/C19H22N4OS2/c1-14-6-4-5-7-17(14)20-18-21-23(19(25)26-18)13-22(2)12-15-8-10-16(24-3)11-9-15/h4-11H,12-13H2,1-3H3,(H,20,21). The minimum Gasteiger partial charge on any atom is -0.497 e. The maximum Gasteiger partial charge on any atom is 0.209 e. The van der Waals surface area contributed by atoms with Gasteiger partial charge in [0.2, 0.25) is 5.13 Å². The van der Waals surface area contributed by atoms with E-state index in [9.17, 15) is 0 Å². The Labute approximate surface area is 162 Å². The van der Waals surface area contributed by atoms with E-state index in [-0.39, 0.29) is 0 Å². The molecule has 1 heterocycles. The lowest BCUT2D eigenvalue weighted by Crippen LogP contribution is -2.22. The molecule has 0 fully saturated rings. The molecule has 0 aliphatic rings. The van der Waals surface area contributed by atoms with Crippen molar-refractivity contribution in [2.75, 3.05) is 19.5 Å². The lowest BCUT2D eigenvalue weighted by atomic mass is 10.2. The number of rotatable bonds is 7. The van der Waals surface area contributed by atoms with Crippen molar-refractivity contribution in [2.24, 2.45) is 0 Å². The zero-order valence-corrected chi connectivity index (χ0v) is 16.7. The summed E-state index contributed by atoms with van der Waals surface area (Å²) in [7, 11) is 3.73. The number of methoxy groups -OCH3 is 1. The average Bonchev–Trinajstić information content (AvgIpc) is 2.96. The zero-order valence-electron chi connectivity index (χ0n) is 15.1. The zero-order chi connectivity index (χ0) is 18.5. The lowest BCUT2D eigenvalue weighted by molar-refractivity contribution is 0.245. The van der Waals surface area contributed by atoms with E-state index in [4.69, 9.17) is 17.0 Å². The summed E-state index contributed by atoms with van der Waals surface area (Å²) >= 11 is 6.96. The summed E-state index contributed by atoms with van der Waals surface area (Å²) in [5, 5.41) is 8.78. The fourth-order valence-corrected chi connectivity index (χ4v) is 3.60. The quantitative estimate of drug-likeness (QED) is 0.590. The van der Waals surface area contributed by atoms with Crippen LogP contribution in [0.15, 0.2) is 48.5 Å². The van der Waals surface area contributed by atoms with Crippen molar-refractivity contribution in [3.63, 3.8) is 0 Å². The van der Waals surface area contributed by atoms with Gasteiger partial charge in [0, 0.05) is 12.2 Å². The van der Waals surface area contributed by atoms with Gasteiger partial charge in [-0.2, -0.15) is 0 Å². The van der Waals surface area contributed by atoms with Crippen LogP contribution in [-0.4, -0.2) is 28.8 Å². The summed E-state index contributed by atoms with van der Waals surface area (Å²) in [6.45, 7) is 3.52. The molecule has 2 aromatic carbocycles. The number of ether oxygens (including phenoxy) is 1. The molecule has 0 saturated carbocycles. The minimum atomic E-state index is 0.636. The molecular formula is C19H22N4OS2. The van der Waals surface area contributed by atoms with Gasteiger partial charge in [0.25, 0.3) is 0 Å². The SMILES string of the molecule is COc1ccc(CN(C)Cn2nc(Nc3ccccc3C)sc2=S)cc1. The van der Waals surface area contributed by atoms with Crippen LogP contribution in [0.5, 0.6) is 5.75 Å². The highest BCUT2D eigenvalue weighted by molar-refractivity contribution is 7.73. The summed E-state index contributed by atoms with van der Waals surface area (Å²) < 4.78 is 7.80. The van der Waals surface area contributed by atoms with Crippen LogP contribution in [0.1, 0.15) is 11.1 Å². The van der Waals surface area contributed by atoms with Crippen molar-refractivity contribution in [2.45, 2.75) is 20.1 Å². The maximum absolute atomic E-state index is 5.47. The number of aromatic nitrogens is 2. The Morgan fingerprint density at radius 2 is 1.92 bits per heavy atom. The Morgan fingerprint density at radius 3 is 2.62 bits per heavy atom. The fourth-order valence-electron chi connectivity index (χ4n) is 2.60. The van der Waals surface area contributed by atoms with Crippen LogP contribution < -0.4 is 10.1 Å². The van der Waals surface area contributed by atoms with Gasteiger partial charge in [-0.1, -0.05) is 41.7 Å². The first-order valence-electron chi connectivity index (χ1n) is 8.27. The third-order valence-electron chi connectivity index (χ3n) is 3.98. The Balaban J connectivity index is 1.65. The molecule has 0 radical (unpaired) electrons. The van der Waals surface area contributed by atoms with Crippen LogP contribution in [-0.2, 0) is 13.2 Å². The number of hydrogen-bond acceptors (Lipinski definition) is 6. The molecular weight excluding hydrogens is 364 g/mol. The van der Waals surface area contributed by atoms with E-state index in [0.29, 0.717) is 6.67 Å². The third kappa shape index (κ3) is 4.69. The largest absolute Gasteiger partial charge is 0.497 e. The predicted octanol–water partition coefficient (Wildman–Crippen LogP) is 4.82. The van der Waals surface area contributed by atoms with Gasteiger partial charge in [0.05, 0.1) is 13.8 Å². The molecule has 0 spiro atoms. The molecule has 5 nitrogen and oxygen atoms in total. The van der Waals surface area contributed by atoms with E-state index in [2.05, 4.69) is 47.5 Å². The van der Waals surface area contributed by atoms with Gasteiger partial charge in [-0.05, 0) is 55.5 Å². The van der Waals surface area contributed by atoms with Crippen LogP contribution in [0, 0.1) is 10.9 Å². The number of para-hydroxylation sites is 1. The summed E-state index contributed by atoms with van der Waals surface area (Å²) in [5.74, 6) is 0.866. The number of benzene rings is 2. The second-order valence-electron chi connectivity index (χ2n) is 6.12. The predicted molar refractivity (Wildman–Crippen MR) is 110 cm³/mol. The molecule has 3 rings (SSSR count). The second-order valence-corrected chi connectivity index (χ2v) is 7.74. The highest BCUT2D eigenvalue weighted by atomic mass is 32.1. The second kappa shape index (κ2) is 8.44. The van der Waals surface area contributed by atoms with Gasteiger partial charge in [0.15, 0.2) is 3.95 Å². The summed E-state index contributed by atoms with van der Waals surface area (Å²) in [6.07, 6.45) is 0. The van der Waals surface area contributed by atoms with Crippen molar-refractivity contribution in [3.8, 4) is 5.75 Å². The van der Waals surface area contributed by atoms with Gasteiger partial charge >= 0.3 is 0 Å². The lowest BCUT2D eigenvalue weighted by Gasteiger charge is -2.16. The van der Waals surface area contributed by atoms with E-state index < -0.39 is 0 Å². The topological polar surface area (TPSA) is 42.3 Å². The Kier molecular flexibility index (Phi) is 6.03. The summed E-state index contributed by atoms with van der Waals surface area (Å²) in [4.78, 5) is 2.18. The van der Waals surface area contributed by atoms with Crippen molar-refractivity contribution in [1.29, 1.82) is 0 Å². The molecule has 1 aromatic heterocycles. The maximum atomic E-state index is 5.47. The first-order chi connectivity index (χ1) is 12.5. The smallest absolute Gasteiger partial charge is 0.209 e. The molecule has 136 valence electrons. The van der Waals surface area contributed by atoms with Crippen molar-refractivity contribution in [3.05, 3.63) is 63.6 Å². The van der Waals surface area contributed by atoms with Crippen LogP contribution in [0.2, 0.25) is 0 Å². The normalized spacial score (nSPS) is 10.9. The monoisotopic (exact) mass is 386 g/mol. The van der Waals surface area contributed by atoms with Crippen LogP contribution in [0.25, 0.3) is 0 Å². The van der Waals surface area contributed by atoms with Crippen LogP contribution >= 0.6 is 23.6 Å². The Morgan fingerprint density at radius 1 is 1.19 bits per heavy atom. The molecule has 0 aliphatic carbocycles. The van der Waals surface area contributed by atoms with Crippen molar-refractivity contribution in [1.82, 2.24) is 14.7 Å². The van der Waals surface area contributed by atoms with Gasteiger partial charge in [-0.3, -0.25) is 4.90 Å². The number of nitrogens with zero attached hydrogens (tertiary/aromatic N) is 3. The van der Waals surface area contributed by atoms with Gasteiger partial charge in [-0.25, -0.2) is 4.68 Å². The third-order valence-corrected chi connectivity index (χ3v) is 5.20. The van der Waals surface area contributed by atoms with E-state index in [0.717, 1.165) is 27.1 Å². The molecule has 7 heteroatoms. The van der Waals surface area contributed by atoms with Crippen LogP contribution in [0.3, 0.4) is 0 Å². The number of nitrogens with one attached hydrogen (secondary N) is 1. The molecule has 26 heavy (non-hydrogen) atoms. The fraction of sp³-hybridized carbons (Fsp3) is 0.263. The van der Waals surface area contributed by atoms with E-state index in [1.54, 1.807) is 7.11 Å². The molecule has 1 N–H and O–H groups in total. The van der Waals surface area contributed by atoms with E-state index in [1.807, 2.05) is 35.0 Å². The van der Waals surface area contributed by atoms with Crippen molar-refractivity contribution < 1.29 is 4.74 Å². The van der Waals surface area contributed by atoms with Gasteiger partial charge < -0.3 is 10.1 Å². The molecule has 0 bridgehead atoms. The molecule has 0 amide bonds. The first-order valence-corrected chi connectivity index (χ1v) is 9.49. The molecule has 0 aliphatic heterocycles. The highest BCUT2D eigenvalue weighted by Gasteiger charge is 2.08. The summed E-state index contributed by atoms with van der Waals surface area (Å²) in [5.41, 5.74) is 3.44. The molecule has 0 unspecified atom stereocenters. The molecule has 3 aromatic rings. The molecule has 0 saturated heterocycles. The van der Waals surface area contributed by atoms with Crippen molar-refractivity contribution >= 4 is 34.4 Å². The Bertz CT molecular complexity index is 918. The van der Waals surface area contributed by atoms with Gasteiger partial charge in [0.1, 0.15) is 5.75 Å². The van der Waals surface area contributed by atoms with Crippen LogP contribution in [0.4, 0.5) is 10.8 Å². The number of anilines is 2. The minimum absolute atomic E-state index is 0.636. The number of hydrogen-bond donors (Lipinski definition) is 1. The summed E-state index contributed by atoms with van der Waals surface area (Å²) in [6, 6.07) is 16.2. The molecule has 0 atom stereocenters.